The fourth-order valence-electron chi connectivity index (χ4n) is 1.67. The third-order valence-electron chi connectivity index (χ3n) is 2.59. The molecule has 4 heteroatoms. The van der Waals surface area contributed by atoms with Gasteiger partial charge in [0.2, 0.25) is 0 Å². The zero-order chi connectivity index (χ0) is 12.7. The van der Waals surface area contributed by atoms with Crippen molar-refractivity contribution in [3.63, 3.8) is 0 Å². The van der Waals surface area contributed by atoms with Gasteiger partial charge in [-0.05, 0) is 37.5 Å². The quantitative estimate of drug-likeness (QED) is 0.762. The smallest absolute Gasteiger partial charge is 0.161 e. The van der Waals surface area contributed by atoms with E-state index in [4.69, 9.17) is 20.3 Å². The van der Waals surface area contributed by atoms with Crippen molar-refractivity contribution in [1.82, 2.24) is 0 Å². The molecule has 0 aromatic heterocycles. The van der Waals surface area contributed by atoms with Crippen LogP contribution in [-0.4, -0.2) is 25.4 Å². The average molecular weight is 239 g/mol. The third-order valence-corrected chi connectivity index (χ3v) is 2.59. The molecule has 0 aliphatic rings. The van der Waals surface area contributed by atoms with Gasteiger partial charge in [0.1, 0.15) is 0 Å². The first-order valence-electron chi connectivity index (χ1n) is 5.90. The Kier molecular flexibility index (Phi) is 5.80. The van der Waals surface area contributed by atoms with Crippen molar-refractivity contribution in [1.29, 1.82) is 0 Å². The van der Waals surface area contributed by atoms with Crippen molar-refractivity contribution in [2.24, 2.45) is 5.73 Å². The predicted octanol–water partition coefficient (Wildman–Crippen LogP) is 1.87. The summed E-state index contributed by atoms with van der Waals surface area (Å²) in [6, 6.07) is 5.62. The molecule has 0 saturated carbocycles. The van der Waals surface area contributed by atoms with Gasteiger partial charge in [-0.2, -0.15) is 0 Å². The third kappa shape index (κ3) is 3.91. The number of nitrogens with two attached hydrogens (primary N) is 1. The summed E-state index contributed by atoms with van der Waals surface area (Å²) in [4.78, 5) is 0. The summed E-state index contributed by atoms with van der Waals surface area (Å²) >= 11 is 0. The van der Waals surface area contributed by atoms with Crippen molar-refractivity contribution in [2.45, 2.75) is 25.8 Å². The molecule has 0 spiro atoms. The Balaban J connectivity index is 2.83. The first-order valence-corrected chi connectivity index (χ1v) is 5.90. The highest BCUT2D eigenvalue weighted by atomic mass is 16.5. The minimum Gasteiger partial charge on any atom is -0.493 e. The van der Waals surface area contributed by atoms with E-state index in [1.165, 1.54) is 0 Å². The molecule has 1 rings (SSSR count). The van der Waals surface area contributed by atoms with Crippen LogP contribution in [0.3, 0.4) is 0 Å². The van der Waals surface area contributed by atoms with Crippen LogP contribution < -0.4 is 15.2 Å². The Morgan fingerprint density at radius 3 is 2.71 bits per heavy atom. The van der Waals surface area contributed by atoms with Crippen molar-refractivity contribution in [2.75, 3.05) is 20.3 Å². The van der Waals surface area contributed by atoms with Crippen LogP contribution in [0.5, 0.6) is 11.5 Å². The molecule has 0 heterocycles. The summed E-state index contributed by atoms with van der Waals surface area (Å²) in [5.74, 6) is 1.43. The maximum Gasteiger partial charge on any atom is 0.161 e. The van der Waals surface area contributed by atoms with Crippen LogP contribution in [-0.2, 0) is 0 Å². The van der Waals surface area contributed by atoms with Crippen LogP contribution in [0.25, 0.3) is 0 Å². The second-order valence-corrected chi connectivity index (χ2v) is 3.82. The van der Waals surface area contributed by atoms with Crippen LogP contribution in [0.1, 0.15) is 31.4 Å². The van der Waals surface area contributed by atoms with Gasteiger partial charge < -0.3 is 20.3 Å². The van der Waals surface area contributed by atoms with Crippen molar-refractivity contribution in [3.8, 4) is 11.5 Å². The monoisotopic (exact) mass is 239 g/mol. The van der Waals surface area contributed by atoms with Crippen LogP contribution in [0, 0.1) is 0 Å². The van der Waals surface area contributed by atoms with Crippen LogP contribution in [0.4, 0.5) is 0 Å². The largest absolute Gasteiger partial charge is 0.493 e. The van der Waals surface area contributed by atoms with E-state index in [0.717, 1.165) is 12.0 Å². The second-order valence-electron chi connectivity index (χ2n) is 3.82. The van der Waals surface area contributed by atoms with E-state index in [0.29, 0.717) is 24.5 Å². The summed E-state index contributed by atoms with van der Waals surface area (Å²) in [6.07, 6.45) is 1.46. The average Bonchev–Trinajstić information content (AvgIpc) is 2.36. The van der Waals surface area contributed by atoms with Crippen molar-refractivity contribution < 1.29 is 14.6 Å². The van der Waals surface area contributed by atoms with E-state index in [1.807, 2.05) is 25.1 Å². The van der Waals surface area contributed by atoms with Crippen LogP contribution in [0.15, 0.2) is 18.2 Å². The molecule has 0 aliphatic carbocycles. The van der Waals surface area contributed by atoms with Gasteiger partial charge in [0, 0.05) is 12.6 Å². The highest BCUT2D eigenvalue weighted by molar-refractivity contribution is 5.43. The zero-order valence-electron chi connectivity index (χ0n) is 10.5. The fourth-order valence-corrected chi connectivity index (χ4v) is 1.67. The predicted molar refractivity (Wildman–Crippen MR) is 67.4 cm³/mol. The number of hydrogen-bond acceptors (Lipinski definition) is 4. The molecule has 0 radical (unpaired) electrons. The number of ether oxygens (including phenoxy) is 2. The minimum atomic E-state index is -0.0766. The van der Waals surface area contributed by atoms with E-state index >= 15 is 0 Å². The SMILES string of the molecule is CCOc1cc([C@H](N)CCCO)ccc1OC. The summed E-state index contributed by atoms with van der Waals surface area (Å²) in [7, 11) is 1.61. The lowest BCUT2D eigenvalue weighted by Gasteiger charge is -2.15. The number of aliphatic hydroxyl groups is 1. The van der Waals surface area contributed by atoms with Gasteiger partial charge in [0.05, 0.1) is 13.7 Å². The molecule has 1 atom stereocenters. The van der Waals surface area contributed by atoms with Gasteiger partial charge >= 0.3 is 0 Å². The van der Waals surface area contributed by atoms with Gasteiger partial charge in [0.15, 0.2) is 11.5 Å². The minimum absolute atomic E-state index is 0.0766. The molecule has 3 N–H and O–H groups in total. The first-order chi connectivity index (χ1) is 8.22. The summed E-state index contributed by atoms with van der Waals surface area (Å²) < 4.78 is 10.7. The van der Waals surface area contributed by atoms with Gasteiger partial charge in [0.25, 0.3) is 0 Å². The molecule has 0 unspecified atom stereocenters. The van der Waals surface area contributed by atoms with E-state index in [9.17, 15) is 0 Å². The number of methoxy groups -OCH3 is 1. The number of hydrogen-bond donors (Lipinski definition) is 2. The highest BCUT2D eigenvalue weighted by Crippen LogP contribution is 2.30. The Bertz CT molecular complexity index is 341. The number of benzene rings is 1. The van der Waals surface area contributed by atoms with Crippen molar-refractivity contribution in [3.05, 3.63) is 23.8 Å². The normalized spacial score (nSPS) is 12.2. The first kappa shape index (κ1) is 13.8. The van der Waals surface area contributed by atoms with E-state index in [1.54, 1.807) is 7.11 Å². The zero-order valence-corrected chi connectivity index (χ0v) is 10.5. The lowest BCUT2D eigenvalue weighted by atomic mass is 10.0. The molecular formula is C13H21NO3. The maximum atomic E-state index is 8.78. The highest BCUT2D eigenvalue weighted by Gasteiger charge is 2.10. The van der Waals surface area contributed by atoms with E-state index in [-0.39, 0.29) is 12.6 Å². The van der Waals surface area contributed by atoms with Gasteiger partial charge in [-0.15, -0.1) is 0 Å². The second kappa shape index (κ2) is 7.14. The molecule has 96 valence electrons. The molecule has 1 aromatic carbocycles. The lowest BCUT2D eigenvalue weighted by Crippen LogP contribution is -2.11. The summed E-state index contributed by atoms with van der Waals surface area (Å²) in [5, 5.41) is 8.78. The van der Waals surface area contributed by atoms with E-state index in [2.05, 4.69) is 0 Å². The molecule has 1 aromatic rings. The van der Waals surface area contributed by atoms with Gasteiger partial charge in [-0.3, -0.25) is 0 Å². The van der Waals surface area contributed by atoms with Crippen LogP contribution >= 0.6 is 0 Å². The molecule has 0 bridgehead atoms. The van der Waals surface area contributed by atoms with Gasteiger partial charge in [-0.1, -0.05) is 6.07 Å². The van der Waals surface area contributed by atoms with Crippen LogP contribution in [0.2, 0.25) is 0 Å². The molecule has 0 aliphatic heterocycles. The molecule has 0 fully saturated rings. The Morgan fingerprint density at radius 1 is 1.35 bits per heavy atom. The molecular weight excluding hydrogens is 218 g/mol. The van der Waals surface area contributed by atoms with Crippen molar-refractivity contribution >= 4 is 0 Å². The molecule has 0 amide bonds. The Morgan fingerprint density at radius 2 is 2.12 bits per heavy atom. The topological polar surface area (TPSA) is 64.7 Å². The molecule has 0 saturated heterocycles. The van der Waals surface area contributed by atoms with Gasteiger partial charge in [-0.25, -0.2) is 0 Å². The molecule has 4 nitrogen and oxygen atoms in total. The summed E-state index contributed by atoms with van der Waals surface area (Å²) in [5.41, 5.74) is 7.03. The lowest BCUT2D eigenvalue weighted by molar-refractivity contribution is 0.279. The number of aliphatic hydroxyl groups excluding tert-OH is 1. The maximum absolute atomic E-state index is 8.78. The van der Waals surface area contributed by atoms with E-state index < -0.39 is 0 Å². The summed E-state index contributed by atoms with van der Waals surface area (Å²) in [6.45, 7) is 2.69. The fraction of sp³-hybridized carbons (Fsp3) is 0.538. The molecule has 17 heavy (non-hydrogen) atoms. The Hall–Kier alpha value is -1.26. The Labute approximate surface area is 102 Å². The number of rotatable bonds is 7. The standard InChI is InChI=1S/C13H21NO3/c1-3-17-13-9-10(6-7-12(13)16-2)11(14)5-4-8-15/h6-7,9,11,15H,3-5,8,14H2,1-2H3/t11-/m1/s1.